The fourth-order valence-electron chi connectivity index (χ4n) is 2.16. The zero-order valence-electron chi connectivity index (χ0n) is 9.84. The molecular formula is C11H23NO2. The molecule has 0 aromatic carbocycles. The van der Waals surface area contributed by atoms with Crippen molar-refractivity contribution in [1.82, 2.24) is 4.90 Å². The van der Waals surface area contributed by atoms with Gasteiger partial charge in [0, 0.05) is 20.2 Å². The molecule has 0 spiro atoms. The second kappa shape index (κ2) is 4.17. The second-order valence-electron chi connectivity index (χ2n) is 5.28. The third-order valence-corrected chi connectivity index (χ3v) is 2.84. The highest BCUT2D eigenvalue weighted by Crippen LogP contribution is 2.24. The van der Waals surface area contributed by atoms with Crippen molar-refractivity contribution in [3.05, 3.63) is 0 Å². The molecule has 84 valence electrons. The molecule has 1 N–H and O–H groups in total. The molecule has 1 aliphatic rings. The summed E-state index contributed by atoms with van der Waals surface area (Å²) in [6.45, 7) is 8.57. The van der Waals surface area contributed by atoms with Crippen LogP contribution in [0.1, 0.15) is 33.6 Å². The first kappa shape index (κ1) is 12.0. The van der Waals surface area contributed by atoms with Crippen LogP contribution < -0.4 is 0 Å². The van der Waals surface area contributed by atoms with Crippen LogP contribution in [0.15, 0.2) is 0 Å². The summed E-state index contributed by atoms with van der Waals surface area (Å²) in [5.41, 5.74) is -0.629. The lowest BCUT2D eigenvalue weighted by atomic mass is 9.93. The van der Waals surface area contributed by atoms with Crippen molar-refractivity contribution in [2.75, 3.05) is 26.7 Å². The van der Waals surface area contributed by atoms with Gasteiger partial charge in [-0.15, -0.1) is 0 Å². The van der Waals surface area contributed by atoms with Crippen LogP contribution in [0.25, 0.3) is 0 Å². The number of hydrogen-bond donors (Lipinski definition) is 1. The highest BCUT2D eigenvalue weighted by molar-refractivity contribution is 4.86. The van der Waals surface area contributed by atoms with Crippen LogP contribution in [0.3, 0.4) is 0 Å². The van der Waals surface area contributed by atoms with Crippen molar-refractivity contribution < 1.29 is 9.84 Å². The van der Waals surface area contributed by atoms with Crippen molar-refractivity contribution >= 4 is 0 Å². The van der Waals surface area contributed by atoms with Gasteiger partial charge < -0.3 is 9.84 Å². The summed E-state index contributed by atoms with van der Waals surface area (Å²) in [6, 6.07) is 0. The average Bonchev–Trinajstić information content (AvgIpc) is 2.01. The highest BCUT2D eigenvalue weighted by atomic mass is 16.5. The summed E-state index contributed by atoms with van der Waals surface area (Å²) in [7, 11) is 1.77. The van der Waals surface area contributed by atoms with Crippen LogP contribution in [-0.2, 0) is 4.74 Å². The molecule has 3 nitrogen and oxygen atoms in total. The summed E-state index contributed by atoms with van der Waals surface area (Å²) in [5, 5.41) is 9.73. The second-order valence-corrected chi connectivity index (χ2v) is 5.28. The van der Waals surface area contributed by atoms with Gasteiger partial charge in [-0.05, 0) is 40.2 Å². The van der Waals surface area contributed by atoms with E-state index in [4.69, 9.17) is 4.74 Å². The number of methoxy groups -OCH3 is 1. The Kier molecular flexibility index (Phi) is 3.56. The van der Waals surface area contributed by atoms with Crippen molar-refractivity contribution in [2.24, 2.45) is 0 Å². The number of nitrogens with zero attached hydrogens (tertiary/aromatic N) is 1. The minimum absolute atomic E-state index is 0.0243. The predicted octanol–water partition coefficient (Wildman–Crippen LogP) is 1.26. The Balaban J connectivity index is 2.48. The third-order valence-electron chi connectivity index (χ3n) is 2.84. The van der Waals surface area contributed by atoms with Crippen LogP contribution in [0.4, 0.5) is 0 Å². The molecular weight excluding hydrogens is 178 g/mol. The summed E-state index contributed by atoms with van der Waals surface area (Å²) < 4.78 is 5.50. The fraction of sp³-hybridized carbons (Fsp3) is 1.00. The third kappa shape index (κ3) is 3.56. The van der Waals surface area contributed by atoms with Gasteiger partial charge in [0.2, 0.25) is 0 Å². The number of ether oxygens (including phenoxy) is 1. The molecule has 1 unspecified atom stereocenters. The SMILES string of the molecule is COC1(C)CCCN(CC(C)(C)O)C1. The first-order valence-electron chi connectivity index (χ1n) is 5.35. The lowest BCUT2D eigenvalue weighted by Gasteiger charge is -2.41. The van der Waals surface area contributed by atoms with Gasteiger partial charge in [-0.25, -0.2) is 0 Å². The van der Waals surface area contributed by atoms with Crippen LogP contribution in [0.5, 0.6) is 0 Å². The molecule has 0 aromatic heterocycles. The maximum atomic E-state index is 9.73. The number of aliphatic hydroxyl groups is 1. The van der Waals surface area contributed by atoms with Gasteiger partial charge in [0.1, 0.15) is 0 Å². The molecule has 0 aliphatic carbocycles. The van der Waals surface area contributed by atoms with Crippen LogP contribution in [0, 0.1) is 0 Å². The van der Waals surface area contributed by atoms with Crippen molar-refractivity contribution in [3.63, 3.8) is 0 Å². The van der Waals surface area contributed by atoms with Gasteiger partial charge in [0.25, 0.3) is 0 Å². The number of likely N-dealkylation sites (tertiary alicyclic amines) is 1. The van der Waals surface area contributed by atoms with Gasteiger partial charge in [-0.2, -0.15) is 0 Å². The Morgan fingerprint density at radius 3 is 2.64 bits per heavy atom. The highest BCUT2D eigenvalue weighted by Gasteiger charge is 2.32. The molecule has 1 atom stereocenters. The van der Waals surface area contributed by atoms with Crippen molar-refractivity contribution in [3.8, 4) is 0 Å². The Bertz CT molecular complexity index is 188. The lowest BCUT2D eigenvalue weighted by molar-refractivity contribution is -0.0680. The van der Waals surface area contributed by atoms with E-state index in [-0.39, 0.29) is 5.60 Å². The van der Waals surface area contributed by atoms with E-state index in [0.29, 0.717) is 0 Å². The molecule has 14 heavy (non-hydrogen) atoms. The standard InChI is InChI=1S/C11H23NO2/c1-10(2,13)8-12-7-5-6-11(3,9-12)14-4/h13H,5-9H2,1-4H3. The normalized spacial score (nSPS) is 30.6. The molecule has 1 heterocycles. The first-order chi connectivity index (χ1) is 6.35. The van der Waals surface area contributed by atoms with Crippen molar-refractivity contribution in [1.29, 1.82) is 0 Å². The molecule has 0 bridgehead atoms. The van der Waals surface area contributed by atoms with Gasteiger partial charge in [-0.1, -0.05) is 0 Å². The summed E-state index contributed by atoms with van der Waals surface area (Å²) in [6.07, 6.45) is 2.27. The molecule has 0 amide bonds. The van der Waals surface area contributed by atoms with Crippen LogP contribution in [0.2, 0.25) is 0 Å². The molecule has 0 saturated carbocycles. The fourth-order valence-corrected chi connectivity index (χ4v) is 2.16. The van der Waals surface area contributed by atoms with E-state index in [2.05, 4.69) is 11.8 Å². The van der Waals surface area contributed by atoms with Gasteiger partial charge >= 0.3 is 0 Å². The van der Waals surface area contributed by atoms with E-state index in [0.717, 1.165) is 32.5 Å². The molecule has 1 aliphatic heterocycles. The van der Waals surface area contributed by atoms with E-state index >= 15 is 0 Å². The summed E-state index contributed by atoms with van der Waals surface area (Å²) in [5.74, 6) is 0. The number of piperidine rings is 1. The zero-order chi connectivity index (χ0) is 10.8. The molecule has 0 aromatic rings. The van der Waals surface area contributed by atoms with Crippen molar-refractivity contribution in [2.45, 2.75) is 44.8 Å². The van der Waals surface area contributed by atoms with Crippen LogP contribution in [-0.4, -0.2) is 48.0 Å². The molecule has 1 rings (SSSR count). The Hall–Kier alpha value is -0.120. The Labute approximate surface area is 87.1 Å². The topological polar surface area (TPSA) is 32.7 Å². The van der Waals surface area contributed by atoms with Gasteiger partial charge in [-0.3, -0.25) is 4.90 Å². The molecule has 3 heteroatoms. The number of rotatable bonds is 3. The van der Waals surface area contributed by atoms with E-state index in [1.165, 1.54) is 0 Å². The smallest absolute Gasteiger partial charge is 0.0777 e. The van der Waals surface area contributed by atoms with E-state index in [1.54, 1.807) is 7.11 Å². The minimum Gasteiger partial charge on any atom is -0.389 e. The monoisotopic (exact) mass is 201 g/mol. The van der Waals surface area contributed by atoms with Crippen LogP contribution >= 0.6 is 0 Å². The van der Waals surface area contributed by atoms with E-state index < -0.39 is 5.60 Å². The maximum Gasteiger partial charge on any atom is 0.0777 e. The van der Waals surface area contributed by atoms with E-state index in [9.17, 15) is 5.11 Å². The summed E-state index contributed by atoms with van der Waals surface area (Å²) in [4.78, 5) is 2.28. The molecule has 1 saturated heterocycles. The quantitative estimate of drug-likeness (QED) is 0.746. The Morgan fingerprint density at radius 1 is 1.50 bits per heavy atom. The number of hydrogen-bond acceptors (Lipinski definition) is 3. The van der Waals surface area contributed by atoms with E-state index in [1.807, 2.05) is 13.8 Å². The minimum atomic E-state index is -0.605. The molecule has 1 fully saturated rings. The van der Waals surface area contributed by atoms with Gasteiger partial charge in [0.15, 0.2) is 0 Å². The average molecular weight is 201 g/mol. The number of β-amino-alcohol motifs (C(OH)–C–C–N with tert-alkyl or cyclic N) is 1. The summed E-state index contributed by atoms with van der Waals surface area (Å²) >= 11 is 0. The molecule has 0 radical (unpaired) electrons. The zero-order valence-corrected chi connectivity index (χ0v) is 9.84. The first-order valence-corrected chi connectivity index (χ1v) is 5.35. The maximum absolute atomic E-state index is 9.73. The van der Waals surface area contributed by atoms with Gasteiger partial charge in [0.05, 0.1) is 11.2 Å². The lowest BCUT2D eigenvalue weighted by Crippen LogP contribution is -2.51. The predicted molar refractivity (Wildman–Crippen MR) is 57.4 cm³/mol. The Morgan fingerprint density at radius 2 is 2.14 bits per heavy atom. The largest absolute Gasteiger partial charge is 0.389 e.